The smallest absolute Gasteiger partial charge is 0.470 e. The van der Waals surface area contributed by atoms with Crippen LogP contribution < -0.4 is 11.2 Å². The van der Waals surface area contributed by atoms with Gasteiger partial charge in [0.2, 0.25) is 6.23 Å². The Morgan fingerprint density at radius 1 is 1.42 bits per heavy atom. The summed E-state index contributed by atoms with van der Waals surface area (Å²) in [6.45, 7) is 3.10. The maximum Gasteiger partial charge on any atom is 0.470 e. The molecule has 1 aromatic heterocycles. The minimum atomic E-state index is -4.75. The predicted octanol–water partition coefficient (Wildman–Crippen LogP) is 0.216. The van der Waals surface area contributed by atoms with Gasteiger partial charge in [-0.2, -0.15) is 0 Å². The second-order valence-corrected chi connectivity index (χ2v) is 6.81. The van der Waals surface area contributed by atoms with Gasteiger partial charge in [-0.1, -0.05) is 6.92 Å². The third kappa shape index (κ3) is 4.83. The molecule has 0 fully saturated rings. The summed E-state index contributed by atoms with van der Waals surface area (Å²) >= 11 is 0. The summed E-state index contributed by atoms with van der Waals surface area (Å²) in [6.07, 6.45) is -0.300. The molecule has 0 amide bonds. The van der Waals surface area contributed by atoms with Crippen molar-refractivity contribution in [2.45, 2.75) is 38.7 Å². The Hall–Kier alpha value is -1.91. The molecule has 0 bridgehead atoms. The third-order valence-corrected chi connectivity index (χ3v) is 4.17. The van der Waals surface area contributed by atoms with Crippen molar-refractivity contribution < 1.29 is 33.1 Å². The van der Waals surface area contributed by atoms with E-state index in [-0.39, 0.29) is 17.6 Å². The molecule has 26 heavy (non-hydrogen) atoms. The number of hydrogen-bond acceptors (Lipinski definition) is 7. The number of phosphoric ester groups is 1. The van der Waals surface area contributed by atoms with Crippen molar-refractivity contribution in [3.8, 4) is 0 Å². The summed E-state index contributed by atoms with van der Waals surface area (Å²) in [6, 6.07) is 1.14. The summed E-state index contributed by atoms with van der Waals surface area (Å²) < 4.78 is 33.3. The van der Waals surface area contributed by atoms with Crippen molar-refractivity contribution in [3.05, 3.63) is 44.6 Å². The number of hydrogen-bond donors (Lipinski definition) is 3. The van der Waals surface area contributed by atoms with Crippen LogP contribution in [0.3, 0.4) is 0 Å². The Bertz CT molecular complexity index is 824. The lowest BCUT2D eigenvalue weighted by atomic mass is 10.2. The van der Waals surface area contributed by atoms with E-state index in [4.69, 9.17) is 24.0 Å². The van der Waals surface area contributed by atoms with E-state index in [0.29, 0.717) is 6.42 Å². The molecule has 1 aliphatic rings. The van der Waals surface area contributed by atoms with Gasteiger partial charge in [0.05, 0.1) is 6.10 Å². The van der Waals surface area contributed by atoms with E-state index in [1.807, 2.05) is 6.92 Å². The molecule has 1 aliphatic heterocycles. The monoisotopic (exact) mass is 392 g/mol. The Morgan fingerprint density at radius 3 is 2.65 bits per heavy atom. The van der Waals surface area contributed by atoms with E-state index in [9.17, 15) is 14.2 Å². The molecule has 2 unspecified atom stereocenters. The fraction of sp³-hybridized carbons (Fsp3) is 0.571. The summed E-state index contributed by atoms with van der Waals surface area (Å²) in [4.78, 5) is 43.2. The normalized spacial score (nSPS) is 21.6. The van der Waals surface area contributed by atoms with Crippen LogP contribution in [0.25, 0.3) is 0 Å². The van der Waals surface area contributed by atoms with Gasteiger partial charge in [0.15, 0.2) is 17.6 Å². The number of aromatic nitrogens is 2. The Labute approximate surface area is 148 Å². The van der Waals surface area contributed by atoms with Crippen LogP contribution in [0.15, 0.2) is 33.4 Å². The van der Waals surface area contributed by atoms with Gasteiger partial charge in [0.1, 0.15) is 6.61 Å². The van der Waals surface area contributed by atoms with Gasteiger partial charge in [-0.15, -0.1) is 0 Å². The van der Waals surface area contributed by atoms with Crippen LogP contribution in [0.2, 0.25) is 0 Å². The zero-order valence-corrected chi connectivity index (χ0v) is 15.3. The van der Waals surface area contributed by atoms with Crippen LogP contribution in [0.5, 0.6) is 0 Å². The highest BCUT2D eigenvalue weighted by Gasteiger charge is 2.41. The van der Waals surface area contributed by atoms with Crippen LogP contribution >= 0.6 is 7.82 Å². The molecule has 146 valence electrons. The van der Waals surface area contributed by atoms with Crippen molar-refractivity contribution in [3.63, 3.8) is 0 Å². The Kier molecular flexibility index (Phi) is 6.43. The molecular formula is C14H21N2O9P. The fourth-order valence-corrected chi connectivity index (χ4v) is 2.57. The van der Waals surface area contributed by atoms with Crippen LogP contribution in [0.1, 0.15) is 26.5 Å². The zero-order valence-electron chi connectivity index (χ0n) is 14.4. The highest BCUT2D eigenvalue weighted by Crippen LogP contribution is 2.40. The van der Waals surface area contributed by atoms with Gasteiger partial charge in [0, 0.05) is 19.4 Å². The van der Waals surface area contributed by atoms with Gasteiger partial charge in [-0.05, 0) is 13.3 Å². The number of nitrogens with zero attached hydrogens (tertiary/aromatic N) is 1. The van der Waals surface area contributed by atoms with Gasteiger partial charge < -0.3 is 24.0 Å². The first-order chi connectivity index (χ1) is 12.2. The maximum absolute atomic E-state index is 12.1. The number of H-pyrrole nitrogens is 1. The highest BCUT2D eigenvalue weighted by atomic mass is 31.2. The third-order valence-electron chi connectivity index (χ3n) is 3.70. The zero-order chi connectivity index (χ0) is 19.5. The average molecular weight is 392 g/mol. The molecule has 0 spiro atoms. The Balaban J connectivity index is 2.39. The van der Waals surface area contributed by atoms with Gasteiger partial charge in [-0.3, -0.25) is 18.9 Å². The largest absolute Gasteiger partial charge is 0.488 e. The first-order valence-electron chi connectivity index (χ1n) is 7.77. The quantitative estimate of drug-likeness (QED) is 0.528. The molecule has 12 heteroatoms. The van der Waals surface area contributed by atoms with Crippen LogP contribution in [0.4, 0.5) is 0 Å². The number of rotatable bonds is 8. The number of methoxy groups -OCH3 is 1. The molecule has 2 heterocycles. The standard InChI is InChI=1S/C14H21N2O9P/c1-4-8(2)24-11-9(7-23-26(19,20)21)25-13(12(11)22-3)16-6-5-10(17)15-14(16)18/h5-6,8,12-13H,4,7H2,1-3H3,(H,15,17,18)(H2,19,20,21)/t8?,12?,13-/m1/s1. The predicted molar refractivity (Wildman–Crippen MR) is 88.1 cm³/mol. The lowest BCUT2D eigenvalue weighted by molar-refractivity contribution is -0.0457. The first-order valence-corrected chi connectivity index (χ1v) is 9.30. The molecular weight excluding hydrogens is 371 g/mol. The molecule has 3 N–H and O–H groups in total. The van der Waals surface area contributed by atoms with Gasteiger partial charge >= 0.3 is 13.5 Å². The molecule has 1 aromatic rings. The molecule has 0 aromatic carbocycles. The lowest BCUT2D eigenvalue weighted by Crippen LogP contribution is -2.36. The van der Waals surface area contributed by atoms with Crippen LogP contribution in [-0.4, -0.2) is 45.3 Å². The van der Waals surface area contributed by atoms with Crippen molar-refractivity contribution in [2.24, 2.45) is 0 Å². The van der Waals surface area contributed by atoms with E-state index in [2.05, 4.69) is 9.51 Å². The minimum Gasteiger partial charge on any atom is -0.488 e. The number of aromatic amines is 1. The Morgan fingerprint density at radius 2 is 2.12 bits per heavy atom. The highest BCUT2D eigenvalue weighted by molar-refractivity contribution is 7.46. The van der Waals surface area contributed by atoms with E-state index in [1.165, 1.54) is 13.3 Å². The van der Waals surface area contributed by atoms with E-state index >= 15 is 0 Å². The van der Waals surface area contributed by atoms with E-state index < -0.39 is 38.0 Å². The first kappa shape index (κ1) is 20.4. The average Bonchev–Trinajstić information content (AvgIpc) is 2.89. The molecule has 0 saturated carbocycles. The SMILES string of the molecule is CCC(C)OC1=C(COP(=O)(O)O)O[C@@H](n2ccc(=O)[nH]c2=O)C1OC. The summed E-state index contributed by atoms with van der Waals surface area (Å²) in [5.74, 6) is 0.155. The van der Waals surface area contributed by atoms with E-state index in [1.54, 1.807) is 6.92 Å². The van der Waals surface area contributed by atoms with E-state index in [0.717, 1.165) is 10.6 Å². The fourth-order valence-electron chi connectivity index (χ4n) is 2.29. The number of ether oxygens (including phenoxy) is 3. The molecule has 0 aliphatic carbocycles. The van der Waals surface area contributed by atoms with Crippen LogP contribution in [-0.2, 0) is 23.3 Å². The maximum atomic E-state index is 12.1. The van der Waals surface area contributed by atoms with Crippen molar-refractivity contribution in [1.29, 1.82) is 0 Å². The molecule has 2 rings (SSSR count). The van der Waals surface area contributed by atoms with Crippen molar-refractivity contribution in [1.82, 2.24) is 9.55 Å². The summed E-state index contributed by atoms with van der Waals surface area (Å²) in [7, 11) is -3.38. The number of phosphoric acid groups is 1. The topological polar surface area (TPSA) is 149 Å². The van der Waals surface area contributed by atoms with Crippen LogP contribution in [0, 0.1) is 0 Å². The van der Waals surface area contributed by atoms with Crippen molar-refractivity contribution >= 4 is 7.82 Å². The van der Waals surface area contributed by atoms with Gasteiger partial charge in [0.25, 0.3) is 5.56 Å². The second kappa shape index (κ2) is 8.19. The summed E-state index contributed by atoms with van der Waals surface area (Å²) in [5.41, 5.74) is -1.31. The second-order valence-electron chi connectivity index (χ2n) is 5.57. The lowest BCUT2D eigenvalue weighted by Gasteiger charge is -2.22. The molecule has 11 nitrogen and oxygen atoms in total. The molecule has 3 atom stereocenters. The van der Waals surface area contributed by atoms with Gasteiger partial charge in [-0.25, -0.2) is 9.36 Å². The molecule has 0 radical (unpaired) electrons. The summed E-state index contributed by atoms with van der Waals surface area (Å²) in [5, 5.41) is 0. The molecule has 0 saturated heterocycles. The number of nitrogens with one attached hydrogen (secondary N) is 1. The minimum absolute atomic E-state index is 0.0106. The van der Waals surface area contributed by atoms with Crippen molar-refractivity contribution in [2.75, 3.05) is 13.7 Å².